The number of sulfonamides is 1. The highest BCUT2D eigenvalue weighted by atomic mass is 32.2. The molecule has 2 N–H and O–H groups in total. The van der Waals surface area contributed by atoms with E-state index in [0.717, 1.165) is 12.8 Å². The normalized spacial score (nSPS) is 14.9. The van der Waals surface area contributed by atoms with Crippen LogP contribution in [-0.2, 0) is 25.0 Å². The van der Waals surface area contributed by atoms with Gasteiger partial charge in [0.2, 0.25) is 10.0 Å². The largest absolute Gasteiger partial charge is 0.495 e. The van der Waals surface area contributed by atoms with Gasteiger partial charge < -0.3 is 14.8 Å². The number of benzene rings is 2. The molecule has 0 bridgehead atoms. The Labute approximate surface area is 194 Å². The fourth-order valence-electron chi connectivity index (χ4n) is 3.52. The van der Waals surface area contributed by atoms with E-state index >= 15 is 0 Å². The minimum atomic E-state index is -3.95. The number of amides is 1. The molecule has 33 heavy (non-hydrogen) atoms. The molecule has 178 valence electrons. The Morgan fingerprint density at radius 3 is 2.30 bits per heavy atom. The molecule has 0 unspecified atom stereocenters. The number of carbonyl (C=O) groups excluding carboxylic acids is 2. The van der Waals surface area contributed by atoms with Gasteiger partial charge in [-0.3, -0.25) is 4.79 Å². The van der Waals surface area contributed by atoms with Crippen LogP contribution in [0.2, 0.25) is 0 Å². The summed E-state index contributed by atoms with van der Waals surface area (Å²) in [6.45, 7) is 5.13. The Hall–Kier alpha value is -2.91. The van der Waals surface area contributed by atoms with E-state index in [1.54, 1.807) is 20.8 Å². The van der Waals surface area contributed by atoms with Gasteiger partial charge in [0.25, 0.3) is 5.91 Å². The van der Waals surface area contributed by atoms with Gasteiger partial charge in [0.15, 0.2) is 6.61 Å². The van der Waals surface area contributed by atoms with Crippen molar-refractivity contribution in [3.63, 3.8) is 0 Å². The molecule has 0 spiro atoms. The Morgan fingerprint density at radius 2 is 1.73 bits per heavy atom. The number of ether oxygens (including phenoxy) is 2. The second-order valence-corrected chi connectivity index (χ2v) is 10.9. The minimum Gasteiger partial charge on any atom is -0.495 e. The van der Waals surface area contributed by atoms with Gasteiger partial charge in [-0.2, -0.15) is 0 Å². The molecule has 0 radical (unpaired) electrons. The lowest BCUT2D eigenvalue weighted by Gasteiger charge is -2.21. The van der Waals surface area contributed by atoms with E-state index in [1.807, 2.05) is 30.3 Å². The topological polar surface area (TPSA) is 111 Å². The molecular weight excluding hydrogens is 444 g/mol. The number of carbonyl (C=O) groups is 2. The average Bonchev–Trinajstić information content (AvgIpc) is 3.56. The van der Waals surface area contributed by atoms with Crippen LogP contribution in [0.25, 0.3) is 0 Å². The third kappa shape index (κ3) is 6.33. The first kappa shape index (κ1) is 24.7. The van der Waals surface area contributed by atoms with E-state index in [0.29, 0.717) is 6.54 Å². The number of hydrogen-bond donors (Lipinski definition) is 2. The zero-order valence-corrected chi connectivity index (χ0v) is 20.1. The summed E-state index contributed by atoms with van der Waals surface area (Å²) in [6, 6.07) is 13.9. The van der Waals surface area contributed by atoms with Crippen LogP contribution >= 0.6 is 0 Å². The van der Waals surface area contributed by atoms with E-state index in [2.05, 4.69) is 10.0 Å². The summed E-state index contributed by atoms with van der Waals surface area (Å²) in [5, 5.41) is 2.83. The van der Waals surface area contributed by atoms with Crippen molar-refractivity contribution in [2.24, 2.45) is 0 Å². The summed E-state index contributed by atoms with van der Waals surface area (Å²) >= 11 is 0. The number of hydrogen-bond acceptors (Lipinski definition) is 6. The second-order valence-electron chi connectivity index (χ2n) is 9.22. The van der Waals surface area contributed by atoms with Crippen molar-refractivity contribution in [3.8, 4) is 5.75 Å². The van der Waals surface area contributed by atoms with Gasteiger partial charge in [0.05, 0.1) is 12.7 Å². The Bertz CT molecular complexity index is 1120. The number of esters is 1. The Morgan fingerprint density at radius 1 is 1.06 bits per heavy atom. The molecule has 3 rings (SSSR count). The van der Waals surface area contributed by atoms with Crippen molar-refractivity contribution in [3.05, 3.63) is 59.7 Å². The van der Waals surface area contributed by atoms with Gasteiger partial charge in [-0.1, -0.05) is 30.3 Å². The molecule has 1 amide bonds. The van der Waals surface area contributed by atoms with Gasteiger partial charge in [0.1, 0.15) is 10.6 Å². The summed E-state index contributed by atoms with van der Waals surface area (Å²) < 4.78 is 38.3. The van der Waals surface area contributed by atoms with Gasteiger partial charge in [0, 0.05) is 17.5 Å². The highest BCUT2D eigenvalue weighted by Crippen LogP contribution is 2.47. The van der Waals surface area contributed by atoms with E-state index in [9.17, 15) is 18.0 Å². The van der Waals surface area contributed by atoms with Gasteiger partial charge >= 0.3 is 5.97 Å². The van der Waals surface area contributed by atoms with Crippen LogP contribution in [0.4, 0.5) is 0 Å². The molecule has 1 aliphatic rings. The van der Waals surface area contributed by atoms with Gasteiger partial charge in [-0.25, -0.2) is 17.9 Å². The lowest BCUT2D eigenvalue weighted by Crippen LogP contribution is -2.40. The number of methoxy groups -OCH3 is 1. The molecule has 2 aromatic carbocycles. The van der Waals surface area contributed by atoms with E-state index in [-0.39, 0.29) is 21.6 Å². The number of rotatable bonds is 9. The van der Waals surface area contributed by atoms with Crippen molar-refractivity contribution in [2.75, 3.05) is 20.3 Å². The first-order chi connectivity index (χ1) is 15.5. The van der Waals surface area contributed by atoms with Crippen LogP contribution in [0.1, 0.15) is 49.5 Å². The highest BCUT2D eigenvalue weighted by Gasteiger charge is 2.44. The molecule has 9 heteroatoms. The second kappa shape index (κ2) is 9.52. The monoisotopic (exact) mass is 474 g/mol. The molecule has 1 saturated carbocycles. The molecule has 1 aliphatic carbocycles. The number of nitrogens with one attached hydrogen (secondary N) is 2. The smallest absolute Gasteiger partial charge is 0.338 e. The molecule has 1 fully saturated rings. The standard InChI is InChI=1S/C24H30N2O6S/c1-23(2,3)26-33(29,30)20-14-17(10-11-19(20)31-4)22(28)32-15-21(27)25-16-24(12-13-24)18-8-6-5-7-9-18/h5-11,14,26H,12-13,15-16H2,1-4H3,(H,25,27). The van der Waals surface area contributed by atoms with E-state index in [1.165, 1.54) is 30.9 Å². The van der Waals surface area contributed by atoms with Crippen molar-refractivity contribution in [2.45, 2.75) is 49.5 Å². The van der Waals surface area contributed by atoms with Crippen LogP contribution < -0.4 is 14.8 Å². The molecule has 2 aromatic rings. The van der Waals surface area contributed by atoms with Crippen LogP contribution in [-0.4, -0.2) is 46.1 Å². The highest BCUT2D eigenvalue weighted by molar-refractivity contribution is 7.89. The lowest BCUT2D eigenvalue weighted by atomic mass is 9.96. The summed E-state index contributed by atoms with van der Waals surface area (Å²) in [6.07, 6.45) is 1.98. The maximum absolute atomic E-state index is 12.8. The lowest BCUT2D eigenvalue weighted by molar-refractivity contribution is -0.124. The van der Waals surface area contributed by atoms with Crippen molar-refractivity contribution in [1.82, 2.24) is 10.0 Å². The van der Waals surface area contributed by atoms with Crippen molar-refractivity contribution >= 4 is 21.9 Å². The first-order valence-electron chi connectivity index (χ1n) is 10.7. The van der Waals surface area contributed by atoms with Crippen LogP contribution in [0.5, 0.6) is 5.75 Å². The van der Waals surface area contributed by atoms with E-state index < -0.39 is 34.0 Å². The van der Waals surface area contributed by atoms with Crippen molar-refractivity contribution < 1.29 is 27.5 Å². The van der Waals surface area contributed by atoms with E-state index in [4.69, 9.17) is 9.47 Å². The third-order valence-electron chi connectivity index (χ3n) is 5.33. The third-order valence-corrected chi connectivity index (χ3v) is 7.11. The van der Waals surface area contributed by atoms with Crippen LogP contribution in [0.15, 0.2) is 53.4 Å². The molecule has 0 heterocycles. The fourth-order valence-corrected chi connectivity index (χ4v) is 5.13. The molecule has 0 atom stereocenters. The predicted octanol–water partition coefficient (Wildman–Crippen LogP) is 2.78. The Balaban J connectivity index is 1.62. The van der Waals surface area contributed by atoms with Crippen molar-refractivity contribution in [1.29, 1.82) is 0 Å². The van der Waals surface area contributed by atoms with Crippen LogP contribution in [0, 0.1) is 0 Å². The quantitative estimate of drug-likeness (QED) is 0.541. The molecule has 0 saturated heterocycles. The average molecular weight is 475 g/mol. The van der Waals surface area contributed by atoms with Gasteiger partial charge in [-0.15, -0.1) is 0 Å². The molecule has 0 aromatic heterocycles. The summed E-state index contributed by atoms with van der Waals surface area (Å²) in [7, 11) is -2.61. The Kier molecular flexibility index (Phi) is 7.14. The molecule has 8 nitrogen and oxygen atoms in total. The summed E-state index contributed by atoms with van der Waals surface area (Å²) in [4.78, 5) is 24.6. The maximum Gasteiger partial charge on any atom is 0.338 e. The molecule has 0 aliphatic heterocycles. The predicted molar refractivity (Wildman–Crippen MR) is 124 cm³/mol. The minimum absolute atomic E-state index is 0.000771. The summed E-state index contributed by atoms with van der Waals surface area (Å²) in [5.74, 6) is -1.12. The fraction of sp³-hybridized carbons (Fsp3) is 0.417. The summed E-state index contributed by atoms with van der Waals surface area (Å²) in [5.41, 5.74) is 0.399. The SMILES string of the molecule is COc1ccc(C(=O)OCC(=O)NCC2(c3ccccc3)CC2)cc1S(=O)(=O)NC(C)(C)C. The zero-order valence-electron chi connectivity index (χ0n) is 19.3. The maximum atomic E-state index is 12.8. The first-order valence-corrected chi connectivity index (χ1v) is 12.2. The zero-order chi connectivity index (χ0) is 24.3. The van der Waals surface area contributed by atoms with Crippen LogP contribution in [0.3, 0.4) is 0 Å². The van der Waals surface area contributed by atoms with Gasteiger partial charge in [-0.05, 0) is 57.4 Å². The molecular formula is C24H30N2O6S.